The van der Waals surface area contributed by atoms with Crippen LogP contribution in [0.4, 0.5) is 5.69 Å². The van der Waals surface area contributed by atoms with Crippen LogP contribution >= 0.6 is 11.6 Å². The molecule has 150 valence electrons. The molecule has 0 bridgehead atoms. The minimum Gasteiger partial charge on any atom is -0.492 e. The van der Waals surface area contributed by atoms with Gasteiger partial charge < -0.3 is 10.1 Å². The molecule has 8 heteroatoms. The number of amides is 1. The molecule has 2 atom stereocenters. The zero-order chi connectivity index (χ0) is 20.7. The van der Waals surface area contributed by atoms with Crippen molar-refractivity contribution in [2.75, 3.05) is 11.9 Å². The first kappa shape index (κ1) is 20.6. The lowest BCUT2D eigenvalue weighted by atomic mass is 10.0. The summed E-state index contributed by atoms with van der Waals surface area (Å²) >= 11 is 6.06. The normalized spacial score (nSPS) is 20.5. The van der Waals surface area contributed by atoms with Crippen molar-refractivity contribution in [1.29, 1.82) is 0 Å². The summed E-state index contributed by atoms with van der Waals surface area (Å²) in [6.45, 7) is 6.36. The largest absolute Gasteiger partial charge is 0.492 e. The molecule has 3 rings (SSSR count). The fourth-order valence-corrected chi connectivity index (χ4v) is 4.39. The Labute approximate surface area is 170 Å². The standard InChI is InChI=1S/C20H23ClN2O4S/c1-4-27-16-10-7-13(21)11-15(16)23-19(24)18-17(20(18,2)3)12-5-8-14(9-6-12)28(22,25)26/h5-11,17-18H,4H2,1-3H3,(H,23,24)(H2,22,25,26)/t17-,18+/m1/s1. The molecule has 0 spiro atoms. The minimum absolute atomic E-state index is 0.0308. The minimum atomic E-state index is -3.74. The lowest BCUT2D eigenvalue weighted by molar-refractivity contribution is -0.118. The molecule has 1 aliphatic carbocycles. The van der Waals surface area contributed by atoms with Gasteiger partial charge in [0, 0.05) is 10.9 Å². The number of carbonyl (C=O) groups is 1. The molecule has 0 radical (unpaired) electrons. The predicted octanol–water partition coefficient (Wildman–Crippen LogP) is 3.76. The van der Waals surface area contributed by atoms with Crippen molar-refractivity contribution in [3.8, 4) is 5.75 Å². The predicted molar refractivity (Wildman–Crippen MR) is 109 cm³/mol. The van der Waals surface area contributed by atoms with E-state index in [0.717, 1.165) is 5.56 Å². The van der Waals surface area contributed by atoms with Crippen molar-refractivity contribution in [1.82, 2.24) is 0 Å². The van der Waals surface area contributed by atoms with E-state index in [0.29, 0.717) is 23.1 Å². The number of anilines is 1. The quantitative estimate of drug-likeness (QED) is 0.740. The topological polar surface area (TPSA) is 98.5 Å². The first-order valence-corrected chi connectivity index (χ1v) is 10.8. The Morgan fingerprint density at radius 1 is 1.21 bits per heavy atom. The second kappa shape index (κ2) is 7.39. The Kier molecular flexibility index (Phi) is 5.44. The fourth-order valence-electron chi connectivity index (χ4n) is 3.71. The first-order chi connectivity index (χ1) is 13.1. The molecular weight excluding hydrogens is 400 g/mol. The van der Waals surface area contributed by atoms with Gasteiger partial charge in [-0.3, -0.25) is 4.79 Å². The highest BCUT2D eigenvalue weighted by atomic mass is 35.5. The summed E-state index contributed by atoms with van der Waals surface area (Å²) < 4.78 is 28.4. The zero-order valence-corrected chi connectivity index (χ0v) is 17.5. The Bertz CT molecular complexity index is 1000. The van der Waals surface area contributed by atoms with Crippen LogP contribution in [0.5, 0.6) is 5.75 Å². The second-order valence-electron chi connectivity index (χ2n) is 7.45. The Balaban J connectivity index is 1.81. The monoisotopic (exact) mass is 422 g/mol. The number of primary sulfonamides is 1. The molecule has 1 fully saturated rings. The van der Waals surface area contributed by atoms with Gasteiger partial charge in [0.05, 0.1) is 23.1 Å². The summed E-state index contributed by atoms with van der Waals surface area (Å²) in [6.07, 6.45) is 0. The highest BCUT2D eigenvalue weighted by Crippen LogP contribution is 2.64. The fraction of sp³-hybridized carbons (Fsp3) is 0.350. The smallest absolute Gasteiger partial charge is 0.238 e. The number of nitrogens with two attached hydrogens (primary N) is 1. The van der Waals surface area contributed by atoms with E-state index in [1.807, 2.05) is 20.8 Å². The SMILES string of the molecule is CCOc1ccc(Cl)cc1NC(=O)[C@@H]1[C@@H](c2ccc(S(N)(=O)=O)cc2)C1(C)C. The van der Waals surface area contributed by atoms with Gasteiger partial charge in [0.15, 0.2) is 0 Å². The number of nitrogens with one attached hydrogen (secondary N) is 1. The molecule has 0 aliphatic heterocycles. The number of benzene rings is 2. The molecule has 0 aromatic heterocycles. The summed E-state index contributed by atoms with van der Waals surface area (Å²) in [5, 5.41) is 8.58. The number of sulfonamides is 1. The highest BCUT2D eigenvalue weighted by molar-refractivity contribution is 7.89. The van der Waals surface area contributed by atoms with Gasteiger partial charge in [0.1, 0.15) is 5.75 Å². The van der Waals surface area contributed by atoms with E-state index >= 15 is 0 Å². The average Bonchev–Trinajstić information content (AvgIpc) is 3.19. The maximum absolute atomic E-state index is 12.9. The number of carbonyl (C=O) groups excluding carboxylic acids is 1. The molecule has 2 aromatic rings. The molecule has 1 amide bonds. The molecular formula is C20H23ClN2O4S. The van der Waals surface area contributed by atoms with Crippen LogP contribution in [0.2, 0.25) is 5.02 Å². The zero-order valence-electron chi connectivity index (χ0n) is 15.9. The van der Waals surface area contributed by atoms with E-state index in [1.165, 1.54) is 12.1 Å². The number of halogens is 1. The van der Waals surface area contributed by atoms with E-state index < -0.39 is 10.0 Å². The summed E-state index contributed by atoms with van der Waals surface area (Å²) in [7, 11) is -3.74. The Morgan fingerprint density at radius 2 is 1.86 bits per heavy atom. The van der Waals surface area contributed by atoms with Gasteiger partial charge in [0.2, 0.25) is 15.9 Å². The van der Waals surface area contributed by atoms with Crippen LogP contribution in [0.15, 0.2) is 47.4 Å². The van der Waals surface area contributed by atoms with Gasteiger partial charge in [-0.1, -0.05) is 37.6 Å². The van der Waals surface area contributed by atoms with Crippen molar-refractivity contribution in [2.45, 2.75) is 31.6 Å². The van der Waals surface area contributed by atoms with Gasteiger partial charge in [-0.2, -0.15) is 0 Å². The Hall–Kier alpha value is -2.09. The van der Waals surface area contributed by atoms with Crippen molar-refractivity contribution in [3.05, 3.63) is 53.1 Å². The molecule has 28 heavy (non-hydrogen) atoms. The van der Waals surface area contributed by atoms with Crippen LogP contribution in [-0.4, -0.2) is 20.9 Å². The number of rotatable bonds is 6. The van der Waals surface area contributed by atoms with Gasteiger partial charge in [0.25, 0.3) is 0 Å². The van der Waals surface area contributed by atoms with Crippen LogP contribution in [0.25, 0.3) is 0 Å². The number of ether oxygens (including phenoxy) is 1. The maximum atomic E-state index is 12.9. The van der Waals surface area contributed by atoms with E-state index in [-0.39, 0.29) is 28.1 Å². The lowest BCUT2D eigenvalue weighted by Gasteiger charge is -2.12. The molecule has 6 nitrogen and oxygen atoms in total. The summed E-state index contributed by atoms with van der Waals surface area (Å²) in [5.41, 5.74) is 1.16. The molecule has 0 saturated heterocycles. The van der Waals surface area contributed by atoms with Gasteiger partial charge in [-0.15, -0.1) is 0 Å². The number of hydrogen-bond donors (Lipinski definition) is 2. The van der Waals surface area contributed by atoms with Crippen molar-refractivity contribution < 1.29 is 17.9 Å². The third-order valence-electron chi connectivity index (χ3n) is 5.18. The molecule has 1 aliphatic rings. The third-order valence-corrected chi connectivity index (χ3v) is 6.34. The number of hydrogen-bond acceptors (Lipinski definition) is 4. The summed E-state index contributed by atoms with van der Waals surface area (Å²) in [4.78, 5) is 13.0. The van der Waals surface area contributed by atoms with Crippen LogP contribution < -0.4 is 15.2 Å². The van der Waals surface area contributed by atoms with E-state index in [9.17, 15) is 13.2 Å². The van der Waals surface area contributed by atoms with Gasteiger partial charge >= 0.3 is 0 Å². The Morgan fingerprint density at radius 3 is 2.43 bits per heavy atom. The highest BCUT2D eigenvalue weighted by Gasteiger charge is 2.62. The molecule has 1 saturated carbocycles. The lowest BCUT2D eigenvalue weighted by Crippen LogP contribution is -2.17. The molecule has 2 aromatic carbocycles. The molecule has 0 heterocycles. The van der Waals surface area contributed by atoms with Gasteiger partial charge in [-0.25, -0.2) is 13.6 Å². The van der Waals surface area contributed by atoms with E-state index in [1.54, 1.807) is 30.3 Å². The molecule has 0 unspecified atom stereocenters. The molecule has 3 N–H and O–H groups in total. The summed E-state index contributed by atoms with van der Waals surface area (Å²) in [6, 6.07) is 11.5. The van der Waals surface area contributed by atoms with Crippen LogP contribution in [-0.2, 0) is 14.8 Å². The van der Waals surface area contributed by atoms with E-state index in [2.05, 4.69) is 5.32 Å². The van der Waals surface area contributed by atoms with Crippen LogP contribution in [0, 0.1) is 11.3 Å². The first-order valence-electron chi connectivity index (χ1n) is 8.91. The van der Waals surface area contributed by atoms with Crippen molar-refractivity contribution in [2.24, 2.45) is 16.5 Å². The third kappa shape index (κ3) is 4.01. The average molecular weight is 423 g/mol. The van der Waals surface area contributed by atoms with Crippen LogP contribution in [0.3, 0.4) is 0 Å². The van der Waals surface area contributed by atoms with Crippen LogP contribution in [0.1, 0.15) is 32.3 Å². The van der Waals surface area contributed by atoms with E-state index in [4.69, 9.17) is 21.5 Å². The summed E-state index contributed by atoms with van der Waals surface area (Å²) in [5.74, 6) is 0.138. The van der Waals surface area contributed by atoms with Crippen molar-refractivity contribution in [3.63, 3.8) is 0 Å². The second-order valence-corrected chi connectivity index (χ2v) is 9.45. The maximum Gasteiger partial charge on any atom is 0.238 e. The van der Waals surface area contributed by atoms with Gasteiger partial charge in [-0.05, 0) is 48.2 Å². The van der Waals surface area contributed by atoms with Crippen molar-refractivity contribution >= 4 is 33.2 Å².